The lowest BCUT2D eigenvalue weighted by Gasteiger charge is -2.27. The lowest BCUT2D eigenvalue weighted by atomic mass is 9.86. The molecule has 0 radical (unpaired) electrons. The first kappa shape index (κ1) is 25.3. The van der Waals surface area contributed by atoms with E-state index in [1.165, 1.54) is 11.1 Å². The van der Waals surface area contributed by atoms with E-state index >= 15 is 0 Å². The zero-order valence-electron chi connectivity index (χ0n) is 20.3. The number of rotatable bonds is 9. The molecule has 2 atom stereocenters. The van der Waals surface area contributed by atoms with E-state index in [0.29, 0.717) is 12.8 Å². The highest BCUT2D eigenvalue weighted by Crippen LogP contribution is 2.44. The number of carbonyl (C=O) groups is 3. The summed E-state index contributed by atoms with van der Waals surface area (Å²) in [4.78, 5) is 36.0. The van der Waals surface area contributed by atoms with Crippen LogP contribution in [0.3, 0.4) is 0 Å². The molecule has 0 fully saturated rings. The van der Waals surface area contributed by atoms with Crippen molar-refractivity contribution in [3.05, 3.63) is 59.7 Å². The molecule has 0 saturated carbocycles. The number of hydrogen-bond acceptors (Lipinski definition) is 4. The Morgan fingerprint density at radius 2 is 1.53 bits per heavy atom. The number of alkyl carbamates (subject to hydrolysis) is 1. The van der Waals surface area contributed by atoms with Crippen LogP contribution in [0.2, 0.25) is 0 Å². The molecule has 182 valence electrons. The second kappa shape index (κ2) is 10.7. The monoisotopic (exact) mass is 466 g/mol. The summed E-state index contributed by atoms with van der Waals surface area (Å²) < 4.78 is 5.56. The second-order valence-corrected chi connectivity index (χ2v) is 9.97. The normalized spacial score (nSPS) is 14.5. The van der Waals surface area contributed by atoms with Crippen LogP contribution >= 0.6 is 0 Å². The fourth-order valence-corrected chi connectivity index (χ4v) is 4.36. The van der Waals surface area contributed by atoms with Gasteiger partial charge in [-0.1, -0.05) is 69.3 Å². The number of amides is 2. The molecule has 0 aromatic heterocycles. The summed E-state index contributed by atoms with van der Waals surface area (Å²) in [6, 6.07) is 15.2. The number of carboxylic acid groups (broad SMARTS) is 1. The minimum Gasteiger partial charge on any atom is -0.480 e. The fourth-order valence-electron chi connectivity index (χ4n) is 4.36. The average molecular weight is 467 g/mol. The number of ether oxygens (including phenoxy) is 1. The summed E-state index contributed by atoms with van der Waals surface area (Å²) in [6.07, 6.45) is 0.798. The lowest BCUT2D eigenvalue weighted by molar-refractivity contribution is -0.145. The summed E-state index contributed by atoms with van der Waals surface area (Å²) in [5.41, 5.74) is 4.09. The van der Waals surface area contributed by atoms with Crippen LogP contribution in [0.4, 0.5) is 4.79 Å². The van der Waals surface area contributed by atoms with Gasteiger partial charge in [-0.2, -0.15) is 0 Å². The molecule has 34 heavy (non-hydrogen) atoms. The number of aliphatic carboxylic acids is 1. The molecule has 3 rings (SSSR count). The van der Waals surface area contributed by atoms with Crippen molar-refractivity contribution in [3.63, 3.8) is 0 Å². The summed E-state index contributed by atoms with van der Waals surface area (Å²) >= 11 is 0. The van der Waals surface area contributed by atoms with E-state index in [1.807, 2.05) is 31.2 Å². The molecule has 0 aliphatic heterocycles. The Morgan fingerprint density at radius 3 is 2.06 bits per heavy atom. The highest BCUT2D eigenvalue weighted by atomic mass is 16.5. The van der Waals surface area contributed by atoms with Crippen molar-refractivity contribution in [2.24, 2.45) is 5.41 Å². The largest absolute Gasteiger partial charge is 0.480 e. The molecule has 1 aliphatic carbocycles. The number of hydrogen-bond donors (Lipinski definition) is 3. The molecule has 1 unspecified atom stereocenters. The van der Waals surface area contributed by atoms with Gasteiger partial charge in [-0.3, -0.25) is 4.79 Å². The lowest BCUT2D eigenvalue weighted by Crippen LogP contribution is -2.49. The maximum atomic E-state index is 12.4. The van der Waals surface area contributed by atoms with Crippen molar-refractivity contribution < 1.29 is 24.2 Å². The molecular formula is C27H34N2O5. The van der Waals surface area contributed by atoms with Crippen LogP contribution in [-0.2, 0) is 14.3 Å². The van der Waals surface area contributed by atoms with Crippen molar-refractivity contribution in [2.45, 2.75) is 65.0 Å². The molecular weight excluding hydrogens is 432 g/mol. The second-order valence-electron chi connectivity index (χ2n) is 9.97. The van der Waals surface area contributed by atoms with Crippen molar-refractivity contribution in [1.82, 2.24) is 10.6 Å². The van der Waals surface area contributed by atoms with Gasteiger partial charge in [-0.05, 0) is 47.4 Å². The van der Waals surface area contributed by atoms with Crippen molar-refractivity contribution >= 4 is 18.0 Å². The quantitative estimate of drug-likeness (QED) is 0.497. The minimum absolute atomic E-state index is 0.00199. The van der Waals surface area contributed by atoms with E-state index < -0.39 is 23.5 Å². The van der Waals surface area contributed by atoms with Gasteiger partial charge in [0.15, 0.2) is 0 Å². The summed E-state index contributed by atoms with van der Waals surface area (Å²) in [6.45, 7) is 7.41. The standard InChI is InChI=1S/C27H34N2O5/c1-17(10-9-15-23(30)29-24(25(31)32)27(2,3)4)28-26(33)34-16-22-20-13-7-5-11-18(20)19-12-6-8-14-21(19)22/h5-8,11-14,17,22,24H,9-10,15-16H2,1-4H3,(H,28,33)(H,29,30)(H,31,32)/t17?,24-/m1/s1. The van der Waals surface area contributed by atoms with Gasteiger partial charge >= 0.3 is 12.1 Å². The van der Waals surface area contributed by atoms with Gasteiger partial charge < -0.3 is 20.5 Å². The maximum Gasteiger partial charge on any atom is 0.407 e. The number of carboxylic acids is 1. The molecule has 0 bridgehead atoms. The van der Waals surface area contributed by atoms with E-state index in [2.05, 4.69) is 34.9 Å². The Hall–Kier alpha value is -3.35. The van der Waals surface area contributed by atoms with E-state index in [9.17, 15) is 19.5 Å². The SMILES string of the molecule is CC(CCCC(=O)N[C@H](C(=O)O)C(C)(C)C)NC(=O)OCC1c2ccccc2-c2ccccc21. The maximum absolute atomic E-state index is 12.4. The molecule has 2 aromatic carbocycles. The van der Waals surface area contributed by atoms with Crippen LogP contribution in [0, 0.1) is 5.41 Å². The molecule has 7 heteroatoms. The number of nitrogens with one attached hydrogen (secondary N) is 2. The Morgan fingerprint density at radius 1 is 0.971 bits per heavy atom. The van der Waals surface area contributed by atoms with E-state index in [4.69, 9.17) is 4.74 Å². The van der Waals surface area contributed by atoms with E-state index in [1.54, 1.807) is 20.8 Å². The average Bonchev–Trinajstić information content (AvgIpc) is 3.09. The Labute approximate surface area is 200 Å². The third kappa shape index (κ3) is 6.16. The summed E-state index contributed by atoms with van der Waals surface area (Å²) in [5, 5.41) is 14.7. The zero-order chi connectivity index (χ0) is 24.9. The fraction of sp³-hybridized carbons (Fsp3) is 0.444. The van der Waals surface area contributed by atoms with Gasteiger partial charge in [-0.15, -0.1) is 0 Å². The molecule has 0 saturated heterocycles. The minimum atomic E-state index is -1.05. The first-order valence-electron chi connectivity index (χ1n) is 11.7. The predicted octanol–water partition coefficient (Wildman–Crippen LogP) is 4.70. The molecule has 0 heterocycles. The molecule has 2 aromatic rings. The first-order valence-corrected chi connectivity index (χ1v) is 11.7. The van der Waals surface area contributed by atoms with Crippen LogP contribution in [0.1, 0.15) is 64.0 Å². The Balaban J connectivity index is 1.44. The van der Waals surface area contributed by atoms with Crippen molar-refractivity contribution in [1.29, 1.82) is 0 Å². The zero-order valence-corrected chi connectivity index (χ0v) is 20.3. The topological polar surface area (TPSA) is 105 Å². The summed E-state index contributed by atoms with van der Waals surface area (Å²) in [7, 11) is 0. The van der Waals surface area contributed by atoms with Crippen LogP contribution in [-0.4, -0.2) is 41.8 Å². The van der Waals surface area contributed by atoms with Gasteiger partial charge in [0, 0.05) is 18.4 Å². The third-order valence-electron chi connectivity index (χ3n) is 6.17. The molecule has 2 amide bonds. The summed E-state index contributed by atoms with van der Waals surface area (Å²) in [5.74, 6) is -1.36. The number of fused-ring (bicyclic) bond motifs is 3. The predicted molar refractivity (Wildman–Crippen MR) is 131 cm³/mol. The van der Waals surface area contributed by atoms with Gasteiger partial charge in [0.1, 0.15) is 12.6 Å². The highest BCUT2D eigenvalue weighted by Gasteiger charge is 2.32. The smallest absolute Gasteiger partial charge is 0.407 e. The Bertz CT molecular complexity index is 998. The van der Waals surface area contributed by atoms with Gasteiger partial charge in [0.05, 0.1) is 0 Å². The van der Waals surface area contributed by atoms with Crippen LogP contribution in [0.25, 0.3) is 11.1 Å². The third-order valence-corrected chi connectivity index (χ3v) is 6.17. The van der Waals surface area contributed by atoms with Crippen LogP contribution < -0.4 is 10.6 Å². The van der Waals surface area contributed by atoms with Gasteiger partial charge in [0.2, 0.25) is 5.91 Å². The highest BCUT2D eigenvalue weighted by molar-refractivity contribution is 5.84. The Kier molecular flexibility index (Phi) is 7.97. The van der Waals surface area contributed by atoms with Crippen LogP contribution in [0.5, 0.6) is 0 Å². The molecule has 1 aliphatic rings. The molecule has 0 spiro atoms. The number of carbonyl (C=O) groups excluding carboxylic acids is 2. The molecule has 7 nitrogen and oxygen atoms in total. The van der Waals surface area contributed by atoms with Crippen molar-refractivity contribution in [3.8, 4) is 11.1 Å². The van der Waals surface area contributed by atoms with Gasteiger partial charge in [0.25, 0.3) is 0 Å². The van der Waals surface area contributed by atoms with Gasteiger partial charge in [-0.25, -0.2) is 9.59 Å². The number of benzene rings is 2. The van der Waals surface area contributed by atoms with Crippen LogP contribution in [0.15, 0.2) is 48.5 Å². The van der Waals surface area contributed by atoms with E-state index in [-0.39, 0.29) is 30.9 Å². The van der Waals surface area contributed by atoms with Crippen molar-refractivity contribution in [2.75, 3.05) is 6.61 Å². The first-order chi connectivity index (χ1) is 16.1. The van der Waals surface area contributed by atoms with E-state index in [0.717, 1.165) is 11.1 Å². The molecule has 3 N–H and O–H groups in total.